The van der Waals surface area contributed by atoms with Crippen LogP contribution >= 0.6 is 15.9 Å². The lowest BCUT2D eigenvalue weighted by atomic mass is 10.1. The van der Waals surface area contributed by atoms with Gasteiger partial charge in [-0.05, 0) is 59.0 Å². The van der Waals surface area contributed by atoms with Crippen molar-refractivity contribution in [1.29, 1.82) is 0 Å². The molecule has 0 spiro atoms. The number of anilines is 1. The summed E-state index contributed by atoms with van der Waals surface area (Å²) in [6.45, 7) is 6.64. The van der Waals surface area contributed by atoms with Crippen molar-refractivity contribution < 1.29 is 14.5 Å². The number of ether oxygens (including phenoxy) is 1. The highest BCUT2D eigenvalue weighted by molar-refractivity contribution is 9.10. The summed E-state index contributed by atoms with van der Waals surface area (Å²) in [5, 5.41) is 13.6. The first-order valence-corrected chi connectivity index (χ1v) is 9.06. The van der Waals surface area contributed by atoms with Crippen LogP contribution in [0, 0.1) is 23.0 Å². The van der Waals surface area contributed by atoms with Crippen LogP contribution in [0.25, 0.3) is 0 Å². The minimum atomic E-state index is -0.491. The molecule has 1 N–H and O–H groups in total. The molecule has 0 saturated heterocycles. The molecule has 0 aliphatic rings. The van der Waals surface area contributed by atoms with Crippen LogP contribution in [0.5, 0.6) is 5.75 Å². The van der Waals surface area contributed by atoms with Gasteiger partial charge in [0.15, 0.2) is 0 Å². The number of amides is 1. The van der Waals surface area contributed by atoms with Crippen molar-refractivity contribution in [1.82, 2.24) is 0 Å². The number of nitrogens with one attached hydrogen (secondary N) is 1. The van der Waals surface area contributed by atoms with Gasteiger partial charge in [-0.3, -0.25) is 14.9 Å². The molecule has 0 aliphatic heterocycles. The lowest BCUT2D eigenvalue weighted by Gasteiger charge is -2.12. The molecular formula is C19H21BrN2O4. The average Bonchev–Trinajstić information content (AvgIpc) is 2.57. The van der Waals surface area contributed by atoms with E-state index in [0.29, 0.717) is 34.0 Å². The molecule has 0 aromatic heterocycles. The van der Waals surface area contributed by atoms with E-state index in [4.69, 9.17) is 4.74 Å². The number of hydrogen-bond acceptors (Lipinski definition) is 4. The summed E-state index contributed by atoms with van der Waals surface area (Å²) in [6, 6.07) is 9.44. The smallest absolute Gasteiger partial charge is 0.271 e. The molecule has 7 heteroatoms. The number of aryl methyl sites for hydroxylation is 1. The fraction of sp³-hybridized carbons (Fsp3) is 0.316. The second-order valence-corrected chi connectivity index (χ2v) is 7.24. The Bertz CT molecular complexity index is 821. The van der Waals surface area contributed by atoms with Gasteiger partial charge in [0.05, 0.1) is 21.7 Å². The Morgan fingerprint density at radius 1 is 1.27 bits per heavy atom. The molecule has 0 atom stereocenters. The van der Waals surface area contributed by atoms with E-state index >= 15 is 0 Å². The van der Waals surface area contributed by atoms with E-state index in [1.54, 1.807) is 31.2 Å². The zero-order chi connectivity index (χ0) is 19.3. The maximum absolute atomic E-state index is 12.5. The number of nitro groups is 1. The number of halogens is 1. The van der Waals surface area contributed by atoms with Gasteiger partial charge in [-0.1, -0.05) is 19.9 Å². The van der Waals surface area contributed by atoms with E-state index in [1.807, 2.05) is 0 Å². The number of rotatable bonds is 7. The molecule has 0 unspecified atom stereocenters. The number of carbonyl (C=O) groups excluding carboxylic acids is 1. The predicted molar refractivity (Wildman–Crippen MR) is 105 cm³/mol. The molecular weight excluding hydrogens is 400 g/mol. The van der Waals surface area contributed by atoms with E-state index in [0.717, 1.165) is 12.0 Å². The first kappa shape index (κ1) is 19.9. The zero-order valence-electron chi connectivity index (χ0n) is 14.9. The van der Waals surface area contributed by atoms with Gasteiger partial charge in [-0.15, -0.1) is 0 Å². The van der Waals surface area contributed by atoms with E-state index in [1.165, 1.54) is 12.1 Å². The molecule has 138 valence electrons. The Hall–Kier alpha value is -2.41. The molecule has 0 saturated carbocycles. The fourth-order valence-electron chi connectivity index (χ4n) is 2.22. The number of non-ortho nitro benzene ring substituents is 1. The normalized spacial score (nSPS) is 10.7. The summed E-state index contributed by atoms with van der Waals surface area (Å²) >= 11 is 3.42. The number of carbonyl (C=O) groups is 1. The summed E-state index contributed by atoms with van der Waals surface area (Å²) in [5.74, 6) is 0.883. The molecule has 0 heterocycles. The summed E-state index contributed by atoms with van der Waals surface area (Å²) in [7, 11) is 0. The first-order chi connectivity index (χ1) is 12.3. The van der Waals surface area contributed by atoms with E-state index in [2.05, 4.69) is 35.1 Å². The van der Waals surface area contributed by atoms with Crippen molar-refractivity contribution >= 4 is 33.2 Å². The molecule has 1 amide bonds. The van der Waals surface area contributed by atoms with Crippen molar-refractivity contribution in [3.63, 3.8) is 0 Å². The van der Waals surface area contributed by atoms with Gasteiger partial charge in [0.2, 0.25) is 0 Å². The van der Waals surface area contributed by atoms with Crippen molar-refractivity contribution in [2.75, 3.05) is 11.9 Å². The first-order valence-electron chi connectivity index (χ1n) is 8.26. The van der Waals surface area contributed by atoms with Crippen LogP contribution in [0.15, 0.2) is 40.9 Å². The molecule has 0 radical (unpaired) electrons. The van der Waals surface area contributed by atoms with Crippen LogP contribution in [-0.4, -0.2) is 17.4 Å². The van der Waals surface area contributed by atoms with E-state index in [-0.39, 0.29) is 11.6 Å². The van der Waals surface area contributed by atoms with Crippen LogP contribution in [0.1, 0.15) is 36.2 Å². The third kappa shape index (κ3) is 5.29. The monoisotopic (exact) mass is 420 g/mol. The molecule has 0 bridgehead atoms. The standard InChI is InChI=1S/C19H21BrN2O4/c1-12(2)8-9-26-18-7-5-14(10-16(18)20)19(23)21-17-11-15(22(24)25)6-4-13(17)3/h4-7,10-12H,8-9H2,1-3H3,(H,21,23). The van der Waals surface area contributed by atoms with Gasteiger partial charge in [0.1, 0.15) is 5.75 Å². The van der Waals surface area contributed by atoms with Gasteiger partial charge in [-0.2, -0.15) is 0 Å². The van der Waals surface area contributed by atoms with Crippen LogP contribution < -0.4 is 10.1 Å². The van der Waals surface area contributed by atoms with Gasteiger partial charge < -0.3 is 10.1 Å². The highest BCUT2D eigenvalue weighted by atomic mass is 79.9. The van der Waals surface area contributed by atoms with E-state index in [9.17, 15) is 14.9 Å². The third-order valence-electron chi connectivity index (χ3n) is 3.83. The molecule has 0 fully saturated rings. The van der Waals surface area contributed by atoms with Crippen molar-refractivity contribution in [2.24, 2.45) is 5.92 Å². The van der Waals surface area contributed by atoms with Crippen molar-refractivity contribution in [3.05, 3.63) is 62.1 Å². The number of benzene rings is 2. The van der Waals surface area contributed by atoms with Gasteiger partial charge in [0.25, 0.3) is 11.6 Å². The molecule has 2 aromatic rings. The zero-order valence-corrected chi connectivity index (χ0v) is 16.5. The van der Waals surface area contributed by atoms with E-state index < -0.39 is 4.92 Å². The summed E-state index contributed by atoms with van der Waals surface area (Å²) in [4.78, 5) is 22.9. The van der Waals surface area contributed by atoms with Gasteiger partial charge >= 0.3 is 0 Å². The quantitative estimate of drug-likeness (QED) is 0.483. The predicted octanol–water partition coefficient (Wildman–Crippen LogP) is 5.34. The molecule has 26 heavy (non-hydrogen) atoms. The maximum atomic E-state index is 12.5. The fourth-order valence-corrected chi connectivity index (χ4v) is 2.71. The molecule has 2 rings (SSSR count). The largest absolute Gasteiger partial charge is 0.492 e. The Morgan fingerprint density at radius 3 is 2.62 bits per heavy atom. The van der Waals surface area contributed by atoms with Crippen LogP contribution in [-0.2, 0) is 0 Å². The van der Waals surface area contributed by atoms with Crippen LogP contribution in [0.3, 0.4) is 0 Å². The maximum Gasteiger partial charge on any atom is 0.271 e. The Labute approximate surface area is 160 Å². The number of nitrogens with zero attached hydrogens (tertiary/aromatic N) is 1. The number of nitro benzene ring substituents is 1. The van der Waals surface area contributed by atoms with Crippen LogP contribution in [0.4, 0.5) is 11.4 Å². The van der Waals surface area contributed by atoms with Gasteiger partial charge in [-0.25, -0.2) is 0 Å². The minimum Gasteiger partial charge on any atom is -0.492 e. The SMILES string of the molecule is Cc1ccc([N+](=O)[O-])cc1NC(=O)c1ccc(OCCC(C)C)c(Br)c1. The molecule has 6 nitrogen and oxygen atoms in total. The third-order valence-corrected chi connectivity index (χ3v) is 4.45. The second kappa shape index (κ2) is 8.80. The summed E-state index contributed by atoms with van der Waals surface area (Å²) < 4.78 is 6.39. The number of hydrogen-bond donors (Lipinski definition) is 1. The van der Waals surface area contributed by atoms with Crippen molar-refractivity contribution in [3.8, 4) is 5.75 Å². The summed E-state index contributed by atoms with van der Waals surface area (Å²) in [5.41, 5.74) is 1.52. The highest BCUT2D eigenvalue weighted by Crippen LogP contribution is 2.28. The Kier molecular flexibility index (Phi) is 6.74. The Balaban J connectivity index is 2.11. The molecule has 0 aliphatic carbocycles. The second-order valence-electron chi connectivity index (χ2n) is 6.39. The topological polar surface area (TPSA) is 81.5 Å². The lowest BCUT2D eigenvalue weighted by Crippen LogP contribution is -2.13. The minimum absolute atomic E-state index is 0.0685. The van der Waals surface area contributed by atoms with Crippen LogP contribution in [0.2, 0.25) is 0 Å². The summed E-state index contributed by atoms with van der Waals surface area (Å²) in [6.07, 6.45) is 0.945. The average molecular weight is 421 g/mol. The molecule has 2 aromatic carbocycles. The van der Waals surface area contributed by atoms with Gasteiger partial charge in [0, 0.05) is 17.7 Å². The Morgan fingerprint density at radius 2 is 2.00 bits per heavy atom. The van der Waals surface area contributed by atoms with Crippen molar-refractivity contribution in [2.45, 2.75) is 27.2 Å². The highest BCUT2D eigenvalue weighted by Gasteiger charge is 2.14. The lowest BCUT2D eigenvalue weighted by molar-refractivity contribution is -0.384.